The molecule has 1 N–H and O–H groups in total. The van der Waals surface area contributed by atoms with E-state index < -0.39 is 7.60 Å². The Hall–Kier alpha value is -1.57. The first-order valence-electron chi connectivity index (χ1n) is 18.2. The fourth-order valence-electron chi connectivity index (χ4n) is 6.28. The smallest absolute Gasteiger partial charge is 0.408 e. The molecule has 0 aliphatic heterocycles. The second-order valence-electron chi connectivity index (χ2n) is 12.7. The van der Waals surface area contributed by atoms with Crippen LogP contribution in [0.25, 0.3) is 0 Å². The molecule has 0 radical (unpaired) electrons. The fraction of sp³-hybridized carbons (Fsp3) is 0.692. The van der Waals surface area contributed by atoms with E-state index >= 15 is 0 Å². The standard InChI is InChI=1S/C39H65O3P/c1-4-7-10-13-16-19-23-28-35-33-34-39(43(40,41)42-36-29-24-22-25-30-36)38(32-27-21-18-15-12-9-6-3)37(35)31-26-20-17-14-11-8-5-2/h22,24-25,29-30,33-34H,4-21,23,26-28,31-32H2,1-3H3,(H,40,41). The van der Waals surface area contributed by atoms with Crippen molar-refractivity contribution in [3.63, 3.8) is 0 Å². The summed E-state index contributed by atoms with van der Waals surface area (Å²) in [6.07, 6.45) is 29.7. The summed E-state index contributed by atoms with van der Waals surface area (Å²) in [4.78, 5) is 11.4. The summed E-state index contributed by atoms with van der Waals surface area (Å²) in [5, 5.41) is 0.531. The average Bonchev–Trinajstić information content (AvgIpc) is 3.00. The van der Waals surface area contributed by atoms with Gasteiger partial charge in [-0.25, -0.2) is 4.57 Å². The topological polar surface area (TPSA) is 46.5 Å². The maximum Gasteiger partial charge on any atom is 0.408 e. The number of hydrogen-bond acceptors (Lipinski definition) is 2. The Morgan fingerprint density at radius 3 is 1.42 bits per heavy atom. The predicted molar refractivity (Wildman–Crippen MR) is 188 cm³/mol. The zero-order valence-corrected chi connectivity index (χ0v) is 29.1. The van der Waals surface area contributed by atoms with Crippen molar-refractivity contribution in [3.05, 3.63) is 59.2 Å². The summed E-state index contributed by atoms with van der Waals surface area (Å²) in [6, 6.07) is 13.2. The van der Waals surface area contributed by atoms with Crippen LogP contribution in [0.5, 0.6) is 5.75 Å². The average molecular weight is 613 g/mol. The van der Waals surface area contributed by atoms with Crippen molar-refractivity contribution in [3.8, 4) is 5.75 Å². The third-order valence-electron chi connectivity index (χ3n) is 8.89. The lowest BCUT2D eigenvalue weighted by Gasteiger charge is -2.22. The summed E-state index contributed by atoms with van der Waals surface area (Å²) in [7, 11) is -4.03. The molecule has 244 valence electrons. The van der Waals surface area contributed by atoms with E-state index in [0.29, 0.717) is 11.1 Å². The lowest BCUT2D eigenvalue weighted by Crippen LogP contribution is -2.19. The van der Waals surface area contributed by atoms with E-state index in [1.54, 1.807) is 12.1 Å². The van der Waals surface area contributed by atoms with Gasteiger partial charge < -0.3 is 9.42 Å². The molecule has 0 saturated heterocycles. The second-order valence-corrected chi connectivity index (χ2v) is 14.4. The van der Waals surface area contributed by atoms with E-state index in [1.807, 2.05) is 24.3 Å². The van der Waals surface area contributed by atoms with Gasteiger partial charge in [0.15, 0.2) is 0 Å². The summed E-state index contributed by atoms with van der Waals surface area (Å²) >= 11 is 0. The van der Waals surface area contributed by atoms with Crippen molar-refractivity contribution in [2.45, 2.75) is 175 Å². The molecule has 0 spiro atoms. The molecule has 0 aliphatic carbocycles. The van der Waals surface area contributed by atoms with E-state index in [1.165, 1.54) is 133 Å². The van der Waals surface area contributed by atoms with Crippen molar-refractivity contribution in [1.29, 1.82) is 0 Å². The Bertz CT molecular complexity index is 1000. The monoisotopic (exact) mass is 612 g/mol. The molecule has 0 fully saturated rings. The lowest BCUT2D eigenvalue weighted by molar-refractivity contribution is 0.393. The Labute approximate surface area is 266 Å². The van der Waals surface area contributed by atoms with Gasteiger partial charge >= 0.3 is 7.60 Å². The van der Waals surface area contributed by atoms with Gasteiger partial charge in [0.05, 0.1) is 5.30 Å². The van der Waals surface area contributed by atoms with Crippen LogP contribution in [0.2, 0.25) is 0 Å². The maximum absolute atomic E-state index is 13.9. The molecule has 0 heterocycles. The van der Waals surface area contributed by atoms with Crippen LogP contribution in [0.15, 0.2) is 42.5 Å². The number of unbranched alkanes of at least 4 members (excludes halogenated alkanes) is 18. The molecule has 1 unspecified atom stereocenters. The fourth-order valence-corrected chi connectivity index (χ4v) is 7.64. The van der Waals surface area contributed by atoms with Crippen LogP contribution in [0.4, 0.5) is 0 Å². The predicted octanol–water partition coefficient (Wildman–Crippen LogP) is 12.5. The van der Waals surface area contributed by atoms with E-state index in [4.69, 9.17) is 4.52 Å². The minimum atomic E-state index is -4.03. The van der Waals surface area contributed by atoms with Crippen LogP contribution in [0.1, 0.15) is 172 Å². The first-order chi connectivity index (χ1) is 21.0. The van der Waals surface area contributed by atoms with Gasteiger partial charge in [-0.05, 0) is 73.4 Å². The summed E-state index contributed by atoms with van der Waals surface area (Å²) < 4.78 is 19.7. The van der Waals surface area contributed by atoms with E-state index in [2.05, 4.69) is 26.8 Å². The Balaban J connectivity index is 2.26. The van der Waals surface area contributed by atoms with Crippen molar-refractivity contribution in [2.24, 2.45) is 0 Å². The van der Waals surface area contributed by atoms with Crippen molar-refractivity contribution < 1.29 is 14.0 Å². The number of hydrogen-bond donors (Lipinski definition) is 1. The molecule has 2 aromatic rings. The third-order valence-corrected chi connectivity index (χ3v) is 10.4. The Kier molecular flexibility index (Phi) is 20.8. The summed E-state index contributed by atoms with van der Waals surface area (Å²) in [6.45, 7) is 6.81. The molecular formula is C39H65O3P. The van der Waals surface area contributed by atoms with Crippen LogP contribution >= 0.6 is 7.60 Å². The highest BCUT2D eigenvalue weighted by Crippen LogP contribution is 2.44. The highest BCUT2D eigenvalue weighted by atomic mass is 31.2. The van der Waals surface area contributed by atoms with E-state index in [-0.39, 0.29) is 0 Å². The zero-order valence-electron chi connectivity index (χ0n) is 28.2. The highest BCUT2D eigenvalue weighted by Gasteiger charge is 2.30. The molecule has 0 bridgehead atoms. The molecule has 1 atom stereocenters. The molecule has 0 saturated carbocycles. The molecule has 3 nitrogen and oxygen atoms in total. The Morgan fingerprint density at radius 2 is 0.930 bits per heavy atom. The van der Waals surface area contributed by atoms with Gasteiger partial charge in [-0.15, -0.1) is 0 Å². The number of aryl methyl sites for hydroxylation is 1. The molecule has 2 rings (SSSR count). The van der Waals surface area contributed by atoms with Gasteiger partial charge in [-0.3, -0.25) is 0 Å². The molecule has 2 aromatic carbocycles. The SMILES string of the molecule is CCCCCCCCCc1ccc(P(=O)(O)Oc2ccccc2)c(CCCCCCCCC)c1CCCCCCCCC. The van der Waals surface area contributed by atoms with Gasteiger partial charge in [-0.1, -0.05) is 161 Å². The van der Waals surface area contributed by atoms with Gasteiger partial charge in [0.1, 0.15) is 5.75 Å². The third kappa shape index (κ3) is 15.8. The highest BCUT2D eigenvalue weighted by molar-refractivity contribution is 7.61. The summed E-state index contributed by atoms with van der Waals surface area (Å²) in [5.74, 6) is 0.455. The van der Waals surface area contributed by atoms with Crippen LogP contribution < -0.4 is 9.83 Å². The summed E-state index contributed by atoms with van der Waals surface area (Å²) in [5.41, 5.74) is 3.87. The van der Waals surface area contributed by atoms with Crippen LogP contribution in [0, 0.1) is 0 Å². The normalized spacial score (nSPS) is 12.8. The molecule has 0 aliphatic rings. The van der Waals surface area contributed by atoms with Gasteiger partial charge in [-0.2, -0.15) is 0 Å². The van der Waals surface area contributed by atoms with Crippen molar-refractivity contribution >= 4 is 12.9 Å². The van der Waals surface area contributed by atoms with Crippen LogP contribution in [-0.4, -0.2) is 4.89 Å². The zero-order chi connectivity index (χ0) is 31.0. The first-order valence-corrected chi connectivity index (χ1v) is 19.8. The van der Waals surface area contributed by atoms with Gasteiger partial charge in [0.25, 0.3) is 0 Å². The quantitative estimate of drug-likeness (QED) is 0.0806. The minimum Gasteiger partial charge on any atom is -0.421 e. The first kappa shape index (κ1) is 37.6. The van der Waals surface area contributed by atoms with Crippen molar-refractivity contribution in [1.82, 2.24) is 0 Å². The largest absolute Gasteiger partial charge is 0.421 e. The van der Waals surface area contributed by atoms with E-state index in [0.717, 1.165) is 37.7 Å². The number of rotatable bonds is 27. The number of para-hydroxylation sites is 1. The lowest BCUT2D eigenvalue weighted by atomic mass is 9.90. The van der Waals surface area contributed by atoms with Gasteiger partial charge in [0, 0.05) is 0 Å². The second kappa shape index (κ2) is 23.8. The Morgan fingerprint density at radius 1 is 0.512 bits per heavy atom. The minimum absolute atomic E-state index is 0.455. The molecular weight excluding hydrogens is 547 g/mol. The number of benzene rings is 2. The van der Waals surface area contributed by atoms with Crippen molar-refractivity contribution in [2.75, 3.05) is 0 Å². The molecule has 4 heteroatoms. The van der Waals surface area contributed by atoms with Crippen LogP contribution in [0.3, 0.4) is 0 Å². The van der Waals surface area contributed by atoms with Crippen LogP contribution in [-0.2, 0) is 23.8 Å². The molecule has 0 aromatic heterocycles. The van der Waals surface area contributed by atoms with E-state index in [9.17, 15) is 9.46 Å². The molecule has 0 amide bonds. The van der Waals surface area contributed by atoms with Gasteiger partial charge in [0.2, 0.25) is 0 Å². The molecule has 43 heavy (non-hydrogen) atoms. The maximum atomic E-state index is 13.9.